The first-order valence-electron chi connectivity index (χ1n) is 8.05. The minimum absolute atomic E-state index is 0.0622. The molecule has 0 bridgehead atoms. The summed E-state index contributed by atoms with van der Waals surface area (Å²) in [6.45, 7) is -0.0184. The largest absolute Gasteiger partial charge is 0.418 e. The van der Waals surface area contributed by atoms with Crippen molar-refractivity contribution in [3.05, 3.63) is 36.0 Å². The van der Waals surface area contributed by atoms with E-state index in [9.17, 15) is 26.3 Å². The molecule has 0 aliphatic carbocycles. The number of nitrogens with one attached hydrogen (secondary N) is 1. The number of benzene rings is 1. The van der Waals surface area contributed by atoms with Crippen LogP contribution in [0.3, 0.4) is 0 Å². The van der Waals surface area contributed by atoms with Gasteiger partial charge in [-0.05, 0) is 37.7 Å². The van der Waals surface area contributed by atoms with Gasteiger partial charge in [0.15, 0.2) is 0 Å². The van der Waals surface area contributed by atoms with Gasteiger partial charge in [0.25, 0.3) is 0 Å². The number of hydrogen-bond acceptors (Lipinski definition) is 3. The fourth-order valence-electron chi connectivity index (χ4n) is 3.40. The Morgan fingerprint density at radius 1 is 1.08 bits per heavy atom. The third kappa shape index (κ3) is 3.58. The van der Waals surface area contributed by atoms with Gasteiger partial charge in [-0.15, -0.1) is 0 Å². The predicted molar refractivity (Wildman–Crippen MR) is 86.0 cm³/mol. The quantitative estimate of drug-likeness (QED) is 0.794. The van der Waals surface area contributed by atoms with Gasteiger partial charge in [0, 0.05) is 36.4 Å². The lowest BCUT2D eigenvalue weighted by molar-refractivity contribution is -0.177. The Kier molecular flexibility index (Phi) is 4.76. The number of hydrogen-bond donors (Lipinski definition) is 1. The second-order valence-corrected chi connectivity index (χ2v) is 6.39. The van der Waals surface area contributed by atoms with Gasteiger partial charge in [-0.1, -0.05) is 0 Å². The highest BCUT2D eigenvalue weighted by Crippen LogP contribution is 2.40. The fraction of sp³-hybridized carbons (Fsp3) is 0.471. The highest BCUT2D eigenvalue weighted by molar-refractivity contribution is 5.94. The second kappa shape index (κ2) is 6.61. The van der Waals surface area contributed by atoms with E-state index in [0.717, 1.165) is 6.07 Å². The zero-order valence-electron chi connectivity index (χ0n) is 13.8. The first-order chi connectivity index (χ1) is 12.1. The van der Waals surface area contributed by atoms with E-state index < -0.39 is 29.9 Å². The third-order valence-corrected chi connectivity index (χ3v) is 4.71. The Balaban J connectivity index is 2.07. The Labute approximate surface area is 146 Å². The lowest BCUT2D eigenvalue weighted by Gasteiger charge is -2.40. The molecule has 26 heavy (non-hydrogen) atoms. The Hall–Kier alpha value is -2.03. The lowest BCUT2D eigenvalue weighted by atomic mass is 9.92. The van der Waals surface area contributed by atoms with E-state index in [-0.39, 0.29) is 30.4 Å². The summed E-state index contributed by atoms with van der Waals surface area (Å²) in [6.07, 6.45) is -7.78. The summed E-state index contributed by atoms with van der Waals surface area (Å²) in [5.41, 5.74) is -0.825. The van der Waals surface area contributed by atoms with Crippen molar-refractivity contribution in [2.24, 2.45) is 5.92 Å². The van der Waals surface area contributed by atoms with Crippen LogP contribution >= 0.6 is 0 Å². The monoisotopic (exact) mass is 377 g/mol. The predicted octanol–water partition coefficient (Wildman–Crippen LogP) is 4.23. The van der Waals surface area contributed by atoms with Gasteiger partial charge in [0.05, 0.1) is 17.0 Å². The zero-order valence-corrected chi connectivity index (χ0v) is 13.8. The van der Waals surface area contributed by atoms with Gasteiger partial charge in [0.2, 0.25) is 0 Å². The van der Waals surface area contributed by atoms with Crippen molar-refractivity contribution in [2.75, 3.05) is 25.0 Å². The molecule has 2 atom stereocenters. The Bertz CT molecular complexity index is 786. The molecule has 1 aromatic carbocycles. The molecule has 1 aromatic heterocycles. The summed E-state index contributed by atoms with van der Waals surface area (Å²) in [5.74, 6) is -1.55. The number of aromatic nitrogens is 1. The van der Waals surface area contributed by atoms with E-state index in [4.69, 9.17) is 0 Å². The van der Waals surface area contributed by atoms with E-state index in [0.29, 0.717) is 5.69 Å². The average molecular weight is 377 g/mol. The van der Waals surface area contributed by atoms with Crippen molar-refractivity contribution < 1.29 is 26.3 Å². The summed E-state index contributed by atoms with van der Waals surface area (Å²) in [7, 11) is 1.58. The Morgan fingerprint density at radius 3 is 2.42 bits per heavy atom. The van der Waals surface area contributed by atoms with Crippen LogP contribution in [0.15, 0.2) is 30.5 Å². The van der Waals surface area contributed by atoms with Gasteiger partial charge in [-0.2, -0.15) is 26.3 Å². The molecule has 1 fully saturated rings. The van der Waals surface area contributed by atoms with E-state index in [1.54, 1.807) is 7.05 Å². The molecule has 0 spiro atoms. The molecular formula is C17H17F6N3. The van der Waals surface area contributed by atoms with Crippen molar-refractivity contribution in [1.82, 2.24) is 10.3 Å². The number of rotatable bonds is 2. The number of likely N-dealkylation sites (N-methyl/N-ethyl adjacent to an activating group) is 1. The number of halogens is 6. The first kappa shape index (κ1) is 18.8. The molecule has 2 heterocycles. The number of alkyl halides is 6. The van der Waals surface area contributed by atoms with Gasteiger partial charge in [-0.25, -0.2) is 0 Å². The fourth-order valence-corrected chi connectivity index (χ4v) is 3.40. The minimum Gasteiger partial charge on any atom is -0.369 e. The van der Waals surface area contributed by atoms with Gasteiger partial charge in [0.1, 0.15) is 0 Å². The van der Waals surface area contributed by atoms with Crippen molar-refractivity contribution in [3.8, 4) is 0 Å². The average Bonchev–Trinajstić information content (AvgIpc) is 2.58. The maximum atomic E-state index is 13.3. The number of pyridine rings is 1. The Morgan fingerprint density at radius 2 is 1.81 bits per heavy atom. The van der Waals surface area contributed by atoms with Gasteiger partial charge < -0.3 is 10.2 Å². The first-order valence-corrected chi connectivity index (χ1v) is 8.05. The number of fused-ring (bicyclic) bond motifs is 1. The second-order valence-electron chi connectivity index (χ2n) is 6.39. The van der Waals surface area contributed by atoms with E-state index in [1.165, 1.54) is 29.3 Å². The van der Waals surface area contributed by atoms with Crippen LogP contribution < -0.4 is 10.2 Å². The summed E-state index contributed by atoms with van der Waals surface area (Å²) < 4.78 is 79.4. The summed E-state index contributed by atoms with van der Waals surface area (Å²) in [6, 6.07) is 4.64. The number of piperidine rings is 1. The smallest absolute Gasteiger partial charge is 0.369 e. The zero-order chi connectivity index (χ0) is 19.1. The molecule has 1 saturated heterocycles. The summed E-state index contributed by atoms with van der Waals surface area (Å²) in [5, 5.41) is 3.05. The van der Waals surface area contributed by atoms with Crippen LogP contribution in [0, 0.1) is 5.92 Å². The summed E-state index contributed by atoms with van der Waals surface area (Å²) >= 11 is 0. The van der Waals surface area contributed by atoms with Crippen LogP contribution in [-0.2, 0) is 6.18 Å². The normalized spacial score (nSPS) is 22.0. The van der Waals surface area contributed by atoms with Gasteiger partial charge in [-0.3, -0.25) is 4.98 Å². The van der Waals surface area contributed by atoms with Crippen LogP contribution in [0.2, 0.25) is 0 Å². The van der Waals surface area contributed by atoms with Crippen LogP contribution in [0.4, 0.5) is 32.0 Å². The molecule has 1 N–H and O–H groups in total. The van der Waals surface area contributed by atoms with Crippen molar-refractivity contribution in [2.45, 2.75) is 24.8 Å². The molecule has 142 valence electrons. The highest BCUT2D eigenvalue weighted by Gasteiger charge is 2.44. The highest BCUT2D eigenvalue weighted by atomic mass is 19.4. The van der Waals surface area contributed by atoms with Crippen LogP contribution in [-0.4, -0.2) is 37.3 Å². The molecule has 1 aliphatic heterocycles. The summed E-state index contributed by atoms with van der Waals surface area (Å²) in [4.78, 5) is 5.32. The minimum atomic E-state index is -4.59. The third-order valence-electron chi connectivity index (χ3n) is 4.71. The van der Waals surface area contributed by atoms with E-state index in [2.05, 4.69) is 10.3 Å². The topological polar surface area (TPSA) is 28.2 Å². The van der Waals surface area contributed by atoms with Crippen molar-refractivity contribution in [3.63, 3.8) is 0 Å². The molecular weight excluding hydrogens is 360 g/mol. The van der Waals surface area contributed by atoms with Crippen LogP contribution in [0.5, 0.6) is 0 Å². The van der Waals surface area contributed by atoms with Crippen LogP contribution in [0.25, 0.3) is 10.9 Å². The SMILES string of the molecule is CNC1CC(C(F)(F)F)CN(c2ccc(C(F)(F)F)c3ncccc23)C1. The maximum absolute atomic E-state index is 13.3. The standard InChI is InChI=1S/C17H17F6N3/c1-24-11-7-10(16(18,19)20)8-26(9-11)14-5-4-13(17(21,22)23)15-12(14)3-2-6-25-15/h2-6,10-11,24H,7-9H2,1H3. The molecule has 0 radical (unpaired) electrons. The van der Waals surface area contributed by atoms with Crippen molar-refractivity contribution in [1.29, 1.82) is 0 Å². The van der Waals surface area contributed by atoms with Crippen LogP contribution in [0.1, 0.15) is 12.0 Å². The van der Waals surface area contributed by atoms with E-state index >= 15 is 0 Å². The molecule has 0 saturated carbocycles. The molecule has 3 nitrogen and oxygen atoms in total. The number of anilines is 1. The molecule has 9 heteroatoms. The molecule has 3 rings (SSSR count). The maximum Gasteiger partial charge on any atom is 0.418 e. The van der Waals surface area contributed by atoms with Crippen molar-refractivity contribution >= 4 is 16.6 Å². The number of nitrogens with zero attached hydrogens (tertiary/aromatic N) is 2. The van der Waals surface area contributed by atoms with Gasteiger partial charge >= 0.3 is 12.4 Å². The lowest BCUT2D eigenvalue weighted by Crippen LogP contribution is -2.52. The molecule has 2 unspecified atom stereocenters. The van der Waals surface area contributed by atoms with E-state index in [1.807, 2.05) is 0 Å². The molecule has 0 amide bonds. The molecule has 2 aromatic rings. The molecule has 1 aliphatic rings.